The Hall–Kier alpha value is -1.08. The molecule has 0 saturated carbocycles. The topological polar surface area (TPSA) is 57.6 Å². The van der Waals surface area contributed by atoms with Crippen molar-refractivity contribution in [1.82, 2.24) is 4.90 Å². The van der Waals surface area contributed by atoms with Gasteiger partial charge in [-0.05, 0) is 35.0 Å². The fourth-order valence-corrected chi connectivity index (χ4v) is 3.55. The lowest BCUT2D eigenvalue weighted by atomic mass is 10.1. The molecule has 7 heteroatoms. The number of carboxylic acid groups (broad SMARTS) is 1. The summed E-state index contributed by atoms with van der Waals surface area (Å²) in [5.41, 5.74) is 0.139. The molecule has 4 nitrogen and oxygen atoms in total. The second-order valence-electron chi connectivity index (χ2n) is 4.10. The summed E-state index contributed by atoms with van der Waals surface area (Å²) in [6.07, 6.45) is 0. The van der Waals surface area contributed by atoms with E-state index in [-0.39, 0.29) is 15.4 Å². The van der Waals surface area contributed by atoms with E-state index in [1.165, 1.54) is 34.9 Å². The van der Waals surface area contributed by atoms with Gasteiger partial charge < -0.3 is 10.0 Å². The first-order valence-corrected chi connectivity index (χ1v) is 7.38. The zero-order chi connectivity index (χ0) is 14.2. The number of hydrogen-bond donors (Lipinski definition) is 1. The molecule has 1 N–H and O–H groups in total. The molecule has 19 heavy (non-hydrogen) atoms. The molecule has 0 bridgehead atoms. The predicted octanol–water partition coefficient (Wildman–Crippen LogP) is 2.58. The van der Waals surface area contributed by atoms with E-state index in [0.29, 0.717) is 5.75 Å². The number of hydrogen-bond acceptors (Lipinski definition) is 3. The van der Waals surface area contributed by atoms with Crippen LogP contribution in [0.5, 0.6) is 0 Å². The lowest BCUT2D eigenvalue weighted by Crippen LogP contribution is -2.44. The van der Waals surface area contributed by atoms with Crippen LogP contribution in [0.3, 0.4) is 0 Å². The van der Waals surface area contributed by atoms with Gasteiger partial charge >= 0.3 is 5.97 Å². The maximum Gasteiger partial charge on any atom is 0.327 e. The van der Waals surface area contributed by atoms with E-state index in [1.54, 1.807) is 6.92 Å². The summed E-state index contributed by atoms with van der Waals surface area (Å²) in [6.45, 7) is 1.76. The van der Waals surface area contributed by atoms with Crippen LogP contribution in [0.1, 0.15) is 17.3 Å². The Balaban J connectivity index is 2.37. The van der Waals surface area contributed by atoms with Gasteiger partial charge in [-0.3, -0.25) is 4.79 Å². The zero-order valence-corrected chi connectivity index (χ0v) is 12.4. The Kier molecular flexibility index (Phi) is 4.15. The van der Waals surface area contributed by atoms with Crippen LogP contribution in [0.4, 0.5) is 4.39 Å². The van der Waals surface area contributed by atoms with Crippen LogP contribution in [0, 0.1) is 5.82 Å². The SMILES string of the molecule is CC1SCC(C(=O)O)N1C(=O)c1cccc(F)c1Br. The summed E-state index contributed by atoms with van der Waals surface area (Å²) in [4.78, 5) is 24.8. The molecular formula is C12H11BrFNO3S. The monoisotopic (exact) mass is 347 g/mol. The van der Waals surface area contributed by atoms with Crippen LogP contribution in [-0.4, -0.2) is 39.1 Å². The van der Waals surface area contributed by atoms with Crippen LogP contribution in [-0.2, 0) is 4.79 Å². The van der Waals surface area contributed by atoms with Crippen molar-refractivity contribution in [2.24, 2.45) is 0 Å². The molecule has 1 heterocycles. The Morgan fingerprint density at radius 2 is 2.21 bits per heavy atom. The van der Waals surface area contributed by atoms with Gasteiger partial charge in [-0.25, -0.2) is 9.18 Å². The van der Waals surface area contributed by atoms with Crippen molar-refractivity contribution in [2.45, 2.75) is 18.3 Å². The first-order valence-electron chi connectivity index (χ1n) is 5.54. The van der Waals surface area contributed by atoms with Crippen LogP contribution in [0.15, 0.2) is 22.7 Å². The average Bonchev–Trinajstić information content (AvgIpc) is 2.74. The first kappa shape index (κ1) is 14.3. The van der Waals surface area contributed by atoms with Crippen molar-refractivity contribution in [1.29, 1.82) is 0 Å². The number of benzene rings is 1. The van der Waals surface area contributed by atoms with Crippen LogP contribution >= 0.6 is 27.7 Å². The van der Waals surface area contributed by atoms with Crippen molar-refractivity contribution in [3.8, 4) is 0 Å². The summed E-state index contributed by atoms with van der Waals surface area (Å²) in [7, 11) is 0. The fourth-order valence-electron chi connectivity index (χ4n) is 1.95. The van der Waals surface area contributed by atoms with E-state index >= 15 is 0 Å². The van der Waals surface area contributed by atoms with Crippen molar-refractivity contribution in [3.05, 3.63) is 34.1 Å². The standard InChI is InChI=1S/C12H11BrFNO3S/c1-6-15(9(5-19-6)12(17)18)11(16)7-3-2-4-8(14)10(7)13/h2-4,6,9H,5H2,1H3,(H,17,18). The molecule has 0 aromatic heterocycles. The molecular weight excluding hydrogens is 337 g/mol. The average molecular weight is 348 g/mol. The van der Waals surface area contributed by atoms with Gasteiger partial charge in [-0.2, -0.15) is 0 Å². The van der Waals surface area contributed by atoms with E-state index < -0.39 is 23.7 Å². The highest BCUT2D eigenvalue weighted by atomic mass is 79.9. The van der Waals surface area contributed by atoms with Crippen LogP contribution in [0.25, 0.3) is 0 Å². The third-order valence-corrected chi connectivity index (χ3v) is 4.95. The zero-order valence-electron chi connectivity index (χ0n) is 9.97. The van der Waals surface area contributed by atoms with E-state index in [0.717, 1.165) is 0 Å². The number of amides is 1. The molecule has 1 aliphatic heterocycles. The number of halogens is 2. The molecule has 1 amide bonds. The number of aliphatic carboxylic acids is 1. The molecule has 2 atom stereocenters. The van der Waals surface area contributed by atoms with Crippen molar-refractivity contribution >= 4 is 39.6 Å². The second-order valence-corrected chi connectivity index (χ2v) is 6.24. The molecule has 0 aliphatic carbocycles. The molecule has 1 saturated heterocycles. The highest BCUT2D eigenvalue weighted by Crippen LogP contribution is 2.32. The van der Waals surface area contributed by atoms with Crippen molar-refractivity contribution < 1.29 is 19.1 Å². The number of carbonyl (C=O) groups is 2. The number of nitrogens with zero attached hydrogens (tertiary/aromatic N) is 1. The minimum absolute atomic E-state index is 0.0632. The second kappa shape index (κ2) is 5.50. The number of carbonyl (C=O) groups excluding carboxylic acids is 1. The molecule has 0 radical (unpaired) electrons. The molecule has 102 valence electrons. The van der Waals surface area contributed by atoms with E-state index in [4.69, 9.17) is 5.11 Å². The van der Waals surface area contributed by atoms with Crippen LogP contribution in [0.2, 0.25) is 0 Å². The highest BCUT2D eigenvalue weighted by molar-refractivity contribution is 9.10. The molecule has 2 unspecified atom stereocenters. The van der Waals surface area contributed by atoms with E-state index in [2.05, 4.69) is 15.9 Å². The van der Waals surface area contributed by atoms with Gasteiger partial charge in [-0.15, -0.1) is 11.8 Å². The van der Waals surface area contributed by atoms with Gasteiger partial charge in [0.2, 0.25) is 0 Å². The lowest BCUT2D eigenvalue weighted by molar-refractivity contribution is -0.141. The first-order chi connectivity index (χ1) is 8.93. The molecule has 2 rings (SSSR count). The quantitative estimate of drug-likeness (QED) is 0.893. The third-order valence-electron chi connectivity index (χ3n) is 2.92. The number of rotatable bonds is 2. The number of thioether (sulfide) groups is 1. The highest BCUT2D eigenvalue weighted by Gasteiger charge is 2.40. The lowest BCUT2D eigenvalue weighted by Gasteiger charge is -2.25. The maximum atomic E-state index is 13.4. The van der Waals surface area contributed by atoms with Gasteiger partial charge in [-0.1, -0.05) is 6.07 Å². The third kappa shape index (κ3) is 2.62. The molecule has 1 fully saturated rings. The van der Waals surface area contributed by atoms with Gasteiger partial charge in [0.25, 0.3) is 5.91 Å². The van der Waals surface area contributed by atoms with Gasteiger partial charge in [0.05, 0.1) is 15.4 Å². The summed E-state index contributed by atoms with van der Waals surface area (Å²) < 4.78 is 13.5. The maximum absolute atomic E-state index is 13.4. The van der Waals surface area contributed by atoms with E-state index in [9.17, 15) is 14.0 Å². The minimum Gasteiger partial charge on any atom is -0.480 e. The summed E-state index contributed by atoms with van der Waals surface area (Å²) in [5.74, 6) is -1.72. The summed E-state index contributed by atoms with van der Waals surface area (Å²) in [5, 5.41) is 8.88. The Bertz CT molecular complexity index is 540. The minimum atomic E-state index is -1.04. The molecule has 1 aliphatic rings. The van der Waals surface area contributed by atoms with Gasteiger partial charge in [0, 0.05) is 5.75 Å². The molecule has 1 aromatic rings. The molecule has 1 aromatic carbocycles. The van der Waals surface area contributed by atoms with Crippen LogP contribution < -0.4 is 0 Å². The Labute approximate surface area is 122 Å². The summed E-state index contributed by atoms with van der Waals surface area (Å²) in [6, 6.07) is 3.27. The fraction of sp³-hybridized carbons (Fsp3) is 0.333. The normalized spacial score (nSPS) is 22.6. The van der Waals surface area contributed by atoms with Gasteiger partial charge in [0.1, 0.15) is 11.9 Å². The van der Waals surface area contributed by atoms with E-state index in [1.807, 2.05) is 0 Å². The largest absolute Gasteiger partial charge is 0.480 e. The van der Waals surface area contributed by atoms with Crippen molar-refractivity contribution in [2.75, 3.05) is 5.75 Å². The van der Waals surface area contributed by atoms with Crippen molar-refractivity contribution in [3.63, 3.8) is 0 Å². The molecule has 0 spiro atoms. The number of carboxylic acids is 1. The predicted molar refractivity (Wildman–Crippen MR) is 73.6 cm³/mol. The summed E-state index contributed by atoms with van der Waals surface area (Å²) >= 11 is 4.42. The Morgan fingerprint density at radius 3 is 2.84 bits per heavy atom. The smallest absolute Gasteiger partial charge is 0.327 e. The Morgan fingerprint density at radius 1 is 1.53 bits per heavy atom. The van der Waals surface area contributed by atoms with Gasteiger partial charge in [0.15, 0.2) is 0 Å².